The Morgan fingerprint density at radius 2 is 1.92 bits per heavy atom. The van der Waals surface area contributed by atoms with Crippen LogP contribution in [0.2, 0.25) is 0 Å². The third kappa shape index (κ3) is 2.91. The molecule has 0 saturated carbocycles. The lowest BCUT2D eigenvalue weighted by Gasteiger charge is -2.12. The summed E-state index contributed by atoms with van der Waals surface area (Å²) in [5.41, 5.74) is 1.07. The molecule has 25 heavy (non-hydrogen) atoms. The summed E-state index contributed by atoms with van der Waals surface area (Å²) in [6, 6.07) is 12.0. The Balaban J connectivity index is 2.30. The minimum atomic E-state index is -3.84. The first-order valence-electron chi connectivity index (χ1n) is 7.53. The van der Waals surface area contributed by atoms with Gasteiger partial charge in [-0.2, -0.15) is 0 Å². The largest absolute Gasteiger partial charge is 0.497 e. The second-order valence-corrected chi connectivity index (χ2v) is 7.96. The summed E-state index contributed by atoms with van der Waals surface area (Å²) in [5.74, 6) is 1.10. The Morgan fingerprint density at radius 1 is 1.20 bits per heavy atom. The number of methoxy groups -OCH3 is 1. The quantitative estimate of drug-likeness (QED) is 0.618. The zero-order valence-corrected chi connectivity index (χ0v) is 16.2. The van der Waals surface area contributed by atoms with Crippen molar-refractivity contribution >= 4 is 36.9 Å². The third-order valence-corrected chi connectivity index (χ3v) is 6.69. The lowest BCUT2D eigenvalue weighted by Crippen LogP contribution is -2.15. The van der Waals surface area contributed by atoms with Crippen LogP contribution in [0.4, 0.5) is 0 Å². The average Bonchev–Trinajstić information content (AvgIpc) is 2.87. The van der Waals surface area contributed by atoms with Crippen molar-refractivity contribution in [1.29, 1.82) is 0 Å². The smallest absolute Gasteiger partial charge is 0.269 e. The van der Waals surface area contributed by atoms with E-state index < -0.39 is 10.0 Å². The van der Waals surface area contributed by atoms with Gasteiger partial charge in [0.25, 0.3) is 10.0 Å². The average molecular weight is 423 g/mol. The van der Waals surface area contributed by atoms with Crippen molar-refractivity contribution in [1.82, 2.24) is 3.97 Å². The normalized spacial score (nSPS) is 11.7. The second kappa shape index (κ2) is 6.72. The van der Waals surface area contributed by atoms with E-state index in [1.165, 1.54) is 17.1 Å². The lowest BCUT2D eigenvalue weighted by molar-refractivity contribution is 0.362. The zero-order valence-electron chi connectivity index (χ0n) is 13.8. The van der Waals surface area contributed by atoms with Crippen LogP contribution in [0.3, 0.4) is 0 Å². The molecule has 0 aliphatic rings. The van der Waals surface area contributed by atoms with Crippen LogP contribution < -0.4 is 9.47 Å². The van der Waals surface area contributed by atoms with Crippen molar-refractivity contribution in [3.63, 3.8) is 0 Å². The number of para-hydroxylation sites is 1. The zero-order chi connectivity index (χ0) is 18.2. The molecule has 0 aliphatic carbocycles. The van der Waals surface area contributed by atoms with Crippen LogP contribution in [0.5, 0.6) is 11.5 Å². The SMILES string of the molecule is [CH2]COc1c(C)n(S(=O)(=O)c2ccc(OC)cc2Br)c2ccccc12. The highest BCUT2D eigenvalue weighted by Gasteiger charge is 2.27. The molecule has 0 fully saturated rings. The highest BCUT2D eigenvalue weighted by Crippen LogP contribution is 2.37. The van der Waals surface area contributed by atoms with Crippen LogP contribution in [-0.2, 0) is 10.0 Å². The van der Waals surface area contributed by atoms with Crippen molar-refractivity contribution in [2.45, 2.75) is 11.8 Å². The van der Waals surface area contributed by atoms with Gasteiger partial charge in [0.15, 0.2) is 0 Å². The maximum absolute atomic E-state index is 13.3. The minimum absolute atomic E-state index is 0.151. The van der Waals surface area contributed by atoms with E-state index >= 15 is 0 Å². The summed E-state index contributed by atoms with van der Waals surface area (Å²) in [6.07, 6.45) is 0. The van der Waals surface area contributed by atoms with E-state index in [1.54, 1.807) is 31.2 Å². The van der Waals surface area contributed by atoms with E-state index in [1.807, 2.05) is 12.1 Å². The van der Waals surface area contributed by atoms with Gasteiger partial charge in [0, 0.05) is 9.86 Å². The molecule has 131 valence electrons. The number of halogens is 1. The second-order valence-electron chi connectivity index (χ2n) is 5.35. The molecule has 1 heterocycles. The monoisotopic (exact) mass is 422 g/mol. The van der Waals surface area contributed by atoms with Crippen molar-refractivity contribution in [3.8, 4) is 11.5 Å². The van der Waals surface area contributed by atoms with Crippen LogP contribution in [0, 0.1) is 13.8 Å². The molecule has 2 aromatic carbocycles. The molecular formula is C18H17BrNO4S. The minimum Gasteiger partial charge on any atom is -0.497 e. The molecule has 0 N–H and O–H groups in total. The number of nitrogens with zero attached hydrogens (tertiary/aromatic N) is 1. The molecule has 1 radical (unpaired) electrons. The Labute approximate surface area is 155 Å². The Morgan fingerprint density at radius 3 is 2.56 bits per heavy atom. The standard InChI is InChI=1S/C18H17BrNO4S/c1-4-24-18-12(2)20(16-8-6-5-7-14(16)18)25(21,22)17-10-9-13(23-3)11-15(17)19/h5-11H,1,4H2,2-3H3. The molecule has 0 aliphatic heterocycles. The Kier molecular flexibility index (Phi) is 4.79. The van der Waals surface area contributed by atoms with E-state index in [9.17, 15) is 8.42 Å². The summed E-state index contributed by atoms with van der Waals surface area (Å²) < 4.78 is 39.1. The van der Waals surface area contributed by atoms with Gasteiger partial charge in [-0.05, 0) is 60.1 Å². The van der Waals surface area contributed by atoms with Gasteiger partial charge in [-0.15, -0.1) is 0 Å². The van der Waals surface area contributed by atoms with E-state index in [0.29, 0.717) is 27.2 Å². The van der Waals surface area contributed by atoms with E-state index in [0.717, 1.165) is 5.39 Å². The highest BCUT2D eigenvalue weighted by molar-refractivity contribution is 9.10. The van der Waals surface area contributed by atoms with Gasteiger partial charge in [-0.25, -0.2) is 12.4 Å². The van der Waals surface area contributed by atoms with Gasteiger partial charge in [-0.3, -0.25) is 0 Å². The fourth-order valence-corrected chi connectivity index (χ4v) is 5.40. The first-order chi connectivity index (χ1) is 11.9. The van der Waals surface area contributed by atoms with E-state index in [4.69, 9.17) is 9.47 Å². The topological polar surface area (TPSA) is 57.5 Å². The Bertz CT molecular complexity index is 1040. The molecule has 7 heteroatoms. The first-order valence-corrected chi connectivity index (χ1v) is 9.76. The number of rotatable bonds is 5. The molecule has 0 bridgehead atoms. The summed E-state index contributed by atoms with van der Waals surface area (Å²) in [5, 5.41) is 0.733. The summed E-state index contributed by atoms with van der Waals surface area (Å²) in [7, 11) is -2.31. The number of benzene rings is 2. The van der Waals surface area contributed by atoms with Crippen LogP contribution in [0.15, 0.2) is 51.8 Å². The van der Waals surface area contributed by atoms with Crippen molar-refractivity contribution in [2.75, 3.05) is 13.7 Å². The van der Waals surface area contributed by atoms with Crippen molar-refractivity contribution in [2.24, 2.45) is 0 Å². The predicted octanol–water partition coefficient (Wildman–Crippen LogP) is 4.17. The van der Waals surface area contributed by atoms with E-state index in [-0.39, 0.29) is 11.5 Å². The fourth-order valence-electron chi connectivity index (χ4n) is 2.82. The first kappa shape index (κ1) is 17.8. The number of ether oxygens (including phenoxy) is 2. The maximum atomic E-state index is 13.3. The van der Waals surface area contributed by atoms with Crippen LogP contribution in [0.1, 0.15) is 5.69 Å². The van der Waals surface area contributed by atoms with Crippen LogP contribution in [-0.4, -0.2) is 26.1 Å². The molecule has 0 amide bonds. The van der Waals surface area contributed by atoms with Gasteiger partial charge in [0.05, 0.1) is 24.9 Å². The Hall–Kier alpha value is -1.99. The molecule has 0 unspecified atom stereocenters. The van der Waals surface area contributed by atoms with Crippen LogP contribution in [0.25, 0.3) is 10.9 Å². The van der Waals surface area contributed by atoms with Gasteiger partial charge in [0.1, 0.15) is 16.4 Å². The summed E-state index contributed by atoms with van der Waals surface area (Å²) in [6.45, 7) is 5.62. The molecular weight excluding hydrogens is 406 g/mol. The molecule has 0 spiro atoms. The van der Waals surface area contributed by atoms with Crippen molar-refractivity contribution < 1.29 is 17.9 Å². The number of hydrogen-bond donors (Lipinski definition) is 0. The predicted molar refractivity (Wildman–Crippen MR) is 101 cm³/mol. The van der Waals surface area contributed by atoms with Gasteiger partial charge < -0.3 is 9.47 Å². The molecule has 5 nitrogen and oxygen atoms in total. The number of fused-ring (bicyclic) bond motifs is 1. The third-order valence-electron chi connectivity index (χ3n) is 3.90. The molecule has 3 aromatic rings. The number of hydrogen-bond acceptors (Lipinski definition) is 4. The van der Waals surface area contributed by atoms with Gasteiger partial charge >= 0.3 is 0 Å². The summed E-state index contributed by atoms with van der Waals surface area (Å²) in [4.78, 5) is 0.151. The fraction of sp³-hybridized carbons (Fsp3) is 0.167. The van der Waals surface area contributed by atoms with Crippen LogP contribution >= 0.6 is 15.9 Å². The molecule has 0 saturated heterocycles. The van der Waals surface area contributed by atoms with Gasteiger partial charge in [0.2, 0.25) is 0 Å². The lowest BCUT2D eigenvalue weighted by atomic mass is 10.2. The molecule has 3 rings (SSSR count). The number of aromatic nitrogens is 1. The molecule has 1 aromatic heterocycles. The highest BCUT2D eigenvalue weighted by atomic mass is 79.9. The van der Waals surface area contributed by atoms with Crippen molar-refractivity contribution in [3.05, 3.63) is 59.6 Å². The van der Waals surface area contributed by atoms with E-state index in [2.05, 4.69) is 22.9 Å². The van der Waals surface area contributed by atoms with Gasteiger partial charge in [-0.1, -0.05) is 12.1 Å². The maximum Gasteiger partial charge on any atom is 0.269 e. The summed E-state index contributed by atoms with van der Waals surface area (Å²) >= 11 is 3.33. The molecule has 0 atom stereocenters.